The Morgan fingerprint density at radius 1 is 1.31 bits per heavy atom. The number of hydrogen-bond acceptors (Lipinski definition) is 3. The van der Waals surface area contributed by atoms with Crippen molar-refractivity contribution in [2.75, 3.05) is 6.54 Å². The Hall–Kier alpha value is -1.75. The maximum Gasteiger partial charge on any atom is 0.156 e. The van der Waals surface area contributed by atoms with Gasteiger partial charge in [-0.15, -0.1) is 0 Å². The number of hydrogen-bond donors (Lipinski definition) is 2. The zero-order chi connectivity index (χ0) is 11.4. The molecule has 4 nitrogen and oxygen atoms in total. The molecule has 0 fully saturated rings. The number of rotatable bonds is 4. The summed E-state index contributed by atoms with van der Waals surface area (Å²) in [5.74, 6) is 0.316. The van der Waals surface area contributed by atoms with Gasteiger partial charge in [-0.2, -0.15) is 0 Å². The molecule has 0 aliphatic carbocycles. The van der Waals surface area contributed by atoms with Crippen molar-refractivity contribution in [3.05, 3.63) is 36.0 Å². The first kappa shape index (κ1) is 10.8. The molecule has 0 atom stereocenters. The van der Waals surface area contributed by atoms with Crippen molar-refractivity contribution in [2.24, 2.45) is 0 Å². The van der Waals surface area contributed by atoms with Crippen LogP contribution >= 0.6 is 0 Å². The number of aromatic nitrogens is 3. The van der Waals surface area contributed by atoms with Crippen LogP contribution in [0.25, 0.3) is 11.5 Å². The molecule has 0 amide bonds. The Bertz CT molecular complexity index is 449. The van der Waals surface area contributed by atoms with Crippen LogP contribution in [0.3, 0.4) is 0 Å². The molecule has 0 saturated heterocycles. The van der Waals surface area contributed by atoms with E-state index in [-0.39, 0.29) is 5.82 Å². The van der Waals surface area contributed by atoms with Gasteiger partial charge in [0.05, 0.1) is 12.4 Å². The molecule has 16 heavy (non-hydrogen) atoms. The third kappa shape index (κ3) is 2.43. The molecule has 0 spiro atoms. The van der Waals surface area contributed by atoms with E-state index in [1.54, 1.807) is 12.3 Å². The summed E-state index contributed by atoms with van der Waals surface area (Å²) in [7, 11) is 0. The van der Waals surface area contributed by atoms with Crippen LogP contribution in [0.5, 0.6) is 0 Å². The molecule has 84 valence electrons. The zero-order valence-corrected chi connectivity index (χ0v) is 9.00. The van der Waals surface area contributed by atoms with E-state index in [1.165, 1.54) is 12.3 Å². The highest BCUT2D eigenvalue weighted by atomic mass is 19.1. The number of aromatic amines is 1. The average Bonchev–Trinajstić information content (AvgIpc) is 2.76. The SMILES string of the molecule is CCNCc1cnc(-c2ccc(F)cn2)[nH]1. The number of imidazole rings is 1. The molecule has 0 unspecified atom stereocenters. The lowest BCUT2D eigenvalue weighted by Crippen LogP contribution is -2.11. The van der Waals surface area contributed by atoms with E-state index in [0.717, 1.165) is 18.8 Å². The van der Waals surface area contributed by atoms with Crippen molar-refractivity contribution >= 4 is 0 Å². The lowest BCUT2D eigenvalue weighted by molar-refractivity contribution is 0.621. The molecule has 2 rings (SSSR count). The zero-order valence-electron chi connectivity index (χ0n) is 9.00. The van der Waals surface area contributed by atoms with E-state index in [2.05, 4.69) is 20.3 Å². The van der Waals surface area contributed by atoms with Gasteiger partial charge >= 0.3 is 0 Å². The van der Waals surface area contributed by atoms with E-state index >= 15 is 0 Å². The second-order valence-electron chi connectivity index (χ2n) is 3.40. The Labute approximate surface area is 92.9 Å². The summed E-state index contributed by atoms with van der Waals surface area (Å²) in [6, 6.07) is 2.97. The summed E-state index contributed by atoms with van der Waals surface area (Å²) in [5.41, 5.74) is 1.63. The van der Waals surface area contributed by atoms with E-state index in [0.29, 0.717) is 11.5 Å². The smallest absolute Gasteiger partial charge is 0.156 e. The van der Waals surface area contributed by atoms with E-state index in [1.807, 2.05) is 6.92 Å². The number of halogens is 1. The molecule has 0 radical (unpaired) electrons. The van der Waals surface area contributed by atoms with Crippen molar-refractivity contribution in [2.45, 2.75) is 13.5 Å². The summed E-state index contributed by atoms with van der Waals surface area (Å²) < 4.78 is 12.7. The van der Waals surface area contributed by atoms with Crippen LogP contribution in [0.1, 0.15) is 12.6 Å². The number of nitrogens with one attached hydrogen (secondary N) is 2. The van der Waals surface area contributed by atoms with Crippen LogP contribution in [-0.2, 0) is 6.54 Å². The maximum atomic E-state index is 12.7. The highest BCUT2D eigenvalue weighted by Crippen LogP contribution is 2.12. The molecule has 0 saturated carbocycles. The van der Waals surface area contributed by atoms with Crippen molar-refractivity contribution in [1.82, 2.24) is 20.3 Å². The van der Waals surface area contributed by atoms with Gasteiger partial charge < -0.3 is 10.3 Å². The van der Waals surface area contributed by atoms with Gasteiger partial charge in [0.1, 0.15) is 11.5 Å². The monoisotopic (exact) mass is 220 g/mol. The predicted molar refractivity (Wildman–Crippen MR) is 59.2 cm³/mol. The molecule has 2 aromatic rings. The fourth-order valence-electron chi connectivity index (χ4n) is 1.35. The number of pyridine rings is 1. The fourth-order valence-corrected chi connectivity index (χ4v) is 1.35. The first-order valence-corrected chi connectivity index (χ1v) is 5.16. The third-order valence-corrected chi connectivity index (χ3v) is 2.16. The molecule has 0 aliphatic heterocycles. The Morgan fingerprint density at radius 2 is 2.19 bits per heavy atom. The minimum Gasteiger partial charge on any atom is -0.339 e. The topological polar surface area (TPSA) is 53.6 Å². The van der Waals surface area contributed by atoms with Gasteiger partial charge in [0.2, 0.25) is 0 Å². The summed E-state index contributed by atoms with van der Waals surface area (Å²) in [5, 5.41) is 3.19. The second-order valence-corrected chi connectivity index (χ2v) is 3.40. The second kappa shape index (κ2) is 4.85. The van der Waals surface area contributed by atoms with Crippen LogP contribution in [0.2, 0.25) is 0 Å². The van der Waals surface area contributed by atoms with E-state index < -0.39 is 0 Å². The van der Waals surface area contributed by atoms with Gasteiger partial charge in [-0.25, -0.2) is 14.4 Å². The summed E-state index contributed by atoms with van der Waals surface area (Å²) in [6.07, 6.45) is 2.94. The lowest BCUT2D eigenvalue weighted by atomic mass is 10.3. The normalized spacial score (nSPS) is 10.6. The van der Waals surface area contributed by atoms with Crippen molar-refractivity contribution in [1.29, 1.82) is 0 Å². The first-order valence-electron chi connectivity index (χ1n) is 5.16. The van der Waals surface area contributed by atoms with E-state index in [4.69, 9.17) is 0 Å². The largest absolute Gasteiger partial charge is 0.339 e. The van der Waals surface area contributed by atoms with Gasteiger partial charge in [0.15, 0.2) is 5.82 Å². The van der Waals surface area contributed by atoms with Gasteiger partial charge in [-0.05, 0) is 18.7 Å². The third-order valence-electron chi connectivity index (χ3n) is 2.16. The molecular formula is C11H13FN4. The predicted octanol–water partition coefficient (Wildman–Crippen LogP) is 1.72. The molecule has 0 aromatic carbocycles. The number of nitrogens with zero attached hydrogens (tertiary/aromatic N) is 2. The molecule has 0 aliphatic rings. The molecule has 0 bridgehead atoms. The molecule has 2 heterocycles. The Morgan fingerprint density at radius 3 is 2.88 bits per heavy atom. The standard InChI is InChI=1S/C11H13FN4/c1-2-13-6-9-7-15-11(16-9)10-4-3-8(12)5-14-10/h3-5,7,13H,2,6H2,1H3,(H,15,16). The Balaban J connectivity index is 2.15. The van der Waals surface area contributed by atoms with Crippen molar-refractivity contribution in [3.63, 3.8) is 0 Å². The maximum absolute atomic E-state index is 12.7. The number of H-pyrrole nitrogens is 1. The van der Waals surface area contributed by atoms with Gasteiger partial charge in [0, 0.05) is 12.2 Å². The van der Waals surface area contributed by atoms with Crippen LogP contribution in [-0.4, -0.2) is 21.5 Å². The first-order chi connectivity index (χ1) is 7.79. The molecule has 2 N–H and O–H groups in total. The highest BCUT2D eigenvalue weighted by molar-refractivity contribution is 5.48. The van der Waals surface area contributed by atoms with Crippen molar-refractivity contribution in [3.8, 4) is 11.5 Å². The Kier molecular flexibility index (Phi) is 3.26. The molecule has 2 aromatic heterocycles. The van der Waals surface area contributed by atoms with Crippen LogP contribution in [0.4, 0.5) is 4.39 Å². The lowest BCUT2D eigenvalue weighted by Gasteiger charge is -1.97. The van der Waals surface area contributed by atoms with Crippen molar-refractivity contribution < 1.29 is 4.39 Å². The van der Waals surface area contributed by atoms with Gasteiger partial charge in [-0.3, -0.25) is 0 Å². The summed E-state index contributed by atoms with van der Waals surface area (Å²) in [4.78, 5) is 11.3. The summed E-state index contributed by atoms with van der Waals surface area (Å²) >= 11 is 0. The van der Waals surface area contributed by atoms with Gasteiger partial charge in [-0.1, -0.05) is 6.92 Å². The molecular weight excluding hydrogens is 207 g/mol. The quantitative estimate of drug-likeness (QED) is 0.824. The van der Waals surface area contributed by atoms with Gasteiger partial charge in [0.25, 0.3) is 0 Å². The fraction of sp³-hybridized carbons (Fsp3) is 0.273. The molecule has 5 heteroatoms. The minimum absolute atomic E-state index is 0.344. The highest BCUT2D eigenvalue weighted by Gasteiger charge is 2.04. The van der Waals surface area contributed by atoms with E-state index in [9.17, 15) is 4.39 Å². The average molecular weight is 220 g/mol. The minimum atomic E-state index is -0.344. The van der Waals surface area contributed by atoms with Crippen LogP contribution in [0, 0.1) is 5.82 Å². The van der Waals surface area contributed by atoms with Crippen LogP contribution < -0.4 is 5.32 Å². The van der Waals surface area contributed by atoms with Crippen LogP contribution in [0.15, 0.2) is 24.5 Å². The summed E-state index contributed by atoms with van der Waals surface area (Å²) in [6.45, 7) is 3.69.